The monoisotopic (exact) mass is 349 g/mol. The first-order valence-corrected chi connectivity index (χ1v) is 7.91. The van der Waals surface area contributed by atoms with Crippen molar-refractivity contribution in [3.63, 3.8) is 0 Å². The number of anilines is 1. The molecule has 3 N–H and O–H groups in total. The zero-order chi connectivity index (χ0) is 17.7. The molecule has 2 rings (SSSR count). The van der Waals surface area contributed by atoms with Crippen LogP contribution < -0.4 is 10.6 Å². The number of carbonyl (C=O) groups is 2. The van der Waals surface area contributed by atoms with E-state index >= 15 is 0 Å². The summed E-state index contributed by atoms with van der Waals surface area (Å²) in [5.41, 5.74) is 2.09. The summed E-state index contributed by atoms with van der Waals surface area (Å²) in [5, 5.41) is 15.5. The first-order valence-electron chi connectivity index (χ1n) is 7.53. The van der Waals surface area contributed by atoms with Crippen molar-refractivity contribution in [2.75, 3.05) is 11.9 Å². The Morgan fingerprint density at radius 1 is 1.29 bits per heavy atom. The second-order valence-corrected chi connectivity index (χ2v) is 5.93. The molecule has 0 saturated heterocycles. The molecule has 24 heavy (non-hydrogen) atoms. The molecule has 1 unspecified atom stereocenters. The van der Waals surface area contributed by atoms with Gasteiger partial charge in [0.05, 0.1) is 6.10 Å². The topological polar surface area (TPSA) is 83.4 Å². The minimum Gasteiger partial charge on any atom is -0.387 e. The highest BCUT2D eigenvalue weighted by atomic mass is 35.5. The number of amides is 2. The number of benzene rings is 1. The molecule has 1 aromatic carbocycles. The van der Waals surface area contributed by atoms with E-state index in [0.29, 0.717) is 17.1 Å². The van der Waals surface area contributed by atoms with Crippen LogP contribution >= 0.6 is 11.6 Å². The molecule has 0 radical (unpaired) electrons. The maximum absolute atomic E-state index is 11.8. The minimum absolute atomic E-state index is 0.188. The van der Waals surface area contributed by atoms with E-state index in [1.54, 1.807) is 28.8 Å². The van der Waals surface area contributed by atoms with Gasteiger partial charge in [0, 0.05) is 36.2 Å². The van der Waals surface area contributed by atoms with Crippen molar-refractivity contribution in [1.29, 1.82) is 0 Å². The number of hydrogen-bond donors (Lipinski definition) is 3. The molecule has 128 valence electrons. The summed E-state index contributed by atoms with van der Waals surface area (Å²) in [6.45, 7) is 2.03. The van der Waals surface area contributed by atoms with Gasteiger partial charge >= 0.3 is 11.8 Å². The van der Waals surface area contributed by atoms with Crippen LogP contribution in [0.15, 0.2) is 36.5 Å². The molecule has 0 bridgehead atoms. The lowest BCUT2D eigenvalue weighted by molar-refractivity contribution is -0.136. The predicted molar refractivity (Wildman–Crippen MR) is 92.8 cm³/mol. The van der Waals surface area contributed by atoms with E-state index < -0.39 is 17.9 Å². The van der Waals surface area contributed by atoms with Crippen molar-refractivity contribution in [3.8, 4) is 0 Å². The van der Waals surface area contributed by atoms with Crippen LogP contribution in [0.3, 0.4) is 0 Å². The lowest BCUT2D eigenvalue weighted by atomic mass is 10.2. The van der Waals surface area contributed by atoms with E-state index in [0.717, 1.165) is 11.3 Å². The summed E-state index contributed by atoms with van der Waals surface area (Å²) in [4.78, 5) is 23.6. The normalized spacial score (nSPS) is 11.8. The van der Waals surface area contributed by atoms with Crippen LogP contribution in [0.4, 0.5) is 5.69 Å². The van der Waals surface area contributed by atoms with Crippen LogP contribution in [0.25, 0.3) is 0 Å². The van der Waals surface area contributed by atoms with Crippen molar-refractivity contribution < 1.29 is 14.7 Å². The van der Waals surface area contributed by atoms with Crippen molar-refractivity contribution in [1.82, 2.24) is 9.88 Å². The summed E-state index contributed by atoms with van der Waals surface area (Å²) in [6, 6.07) is 8.65. The second kappa shape index (κ2) is 7.99. The molecule has 0 spiro atoms. The Kier molecular flexibility index (Phi) is 6.00. The molecule has 1 aromatic heterocycles. The third kappa shape index (κ3) is 4.59. The summed E-state index contributed by atoms with van der Waals surface area (Å²) < 4.78 is 1.81. The minimum atomic E-state index is -0.775. The van der Waals surface area contributed by atoms with Gasteiger partial charge in [0.1, 0.15) is 0 Å². The van der Waals surface area contributed by atoms with Crippen LogP contribution in [0.1, 0.15) is 23.8 Å². The molecule has 1 heterocycles. The lowest BCUT2D eigenvalue weighted by Gasteiger charge is -2.12. The highest BCUT2D eigenvalue weighted by Gasteiger charge is 2.15. The fourth-order valence-corrected chi connectivity index (χ4v) is 2.41. The predicted octanol–water partition coefficient (Wildman–Crippen LogP) is 2.17. The molecule has 1 atom stereocenters. The molecule has 0 fully saturated rings. The number of nitrogens with one attached hydrogen (secondary N) is 2. The van der Waals surface area contributed by atoms with E-state index in [9.17, 15) is 14.7 Å². The zero-order valence-electron chi connectivity index (χ0n) is 13.5. The Morgan fingerprint density at radius 2 is 2.04 bits per heavy atom. The fourth-order valence-electron chi connectivity index (χ4n) is 2.23. The maximum atomic E-state index is 11.8. The van der Waals surface area contributed by atoms with Crippen molar-refractivity contribution in [3.05, 3.63) is 52.8 Å². The van der Waals surface area contributed by atoms with Gasteiger partial charge in [-0.05, 0) is 43.2 Å². The van der Waals surface area contributed by atoms with E-state index in [4.69, 9.17) is 11.6 Å². The smallest absolute Gasteiger partial charge is 0.313 e. The standard InChI is InChI=1S/C17H20ClN3O3/c1-11-5-6-12(10-13(11)18)20-17(24)16(23)19-8-7-15(22)14-4-3-9-21(14)2/h3-6,9-10,15,22H,7-8H2,1-2H3,(H,19,23)(H,20,24). The number of aliphatic hydroxyl groups is 1. The SMILES string of the molecule is Cc1ccc(NC(=O)C(=O)NCCC(O)c2cccn2C)cc1Cl. The number of hydrogen-bond acceptors (Lipinski definition) is 3. The highest BCUT2D eigenvalue weighted by molar-refractivity contribution is 6.39. The van der Waals surface area contributed by atoms with Crippen LogP contribution in [0, 0.1) is 6.92 Å². The molecule has 0 aliphatic heterocycles. The molecule has 2 amide bonds. The average Bonchev–Trinajstić information content (AvgIpc) is 2.96. The Bertz CT molecular complexity index is 742. The first-order chi connectivity index (χ1) is 11.4. The van der Waals surface area contributed by atoms with Gasteiger partial charge in [0.15, 0.2) is 0 Å². The molecule has 2 aromatic rings. The molecule has 0 aliphatic rings. The number of aliphatic hydroxyl groups excluding tert-OH is 1. The molecule has 7 heteroatoms. The molecular weight excluding hydrogens is 330 g/mol. The van der Waals surface area contributed by atoms with Crippen LogP contribution in [0.2, 0.25) is 5.02 Å². The number of carbonyl (C=O) groups excluding carboxylic acids is 2. The van der Waals surface area contributed by atoms with Crippen LogP contribution in [-0.4, -0.2) is 28.0 Å². The van der Waals surface area contributed by atoms with Crippen LogP contribution in [-0.2, 0) is 16.6 Å². The molecule has 6 nitrogen and oxygen atoms in total. The number of rotatable bonds is 5. The first kappa shape index (κ1) is 18.0. The largest absolute Gasteiger partial charge is 0.387 e. The van der Waals surface area contributed by atoms with Crippen molar-refractivity contribution in [2.45, 2.75) is 19.4 Å². The molecule has 0 aliphatic carbocycles. The summed E-state index contributed by atoms with van der Waals surface area (Å²) in [5.74, 6) is -1.53. The number of nitrogens with zero attached hydrogens (tertiary/aromatic N) is 1. The van der Waals surface area contributed by atoms with Gasteiger partial charge in [-0.15, -0.1) is 0 Å². The van der Waals surface area contributed by atoms with Gasteiger partial charge < -0.3 is 20.3 Å². The Balaban J connectivity index is 1.80. The van der Waals surface area contributed by atoms with Gasteiger partial charge in [0.25, 0.3) is 0 Å². The second-order valence-electron chi connectivity index (χ2n) is 5.52. The quantitative estimate of drug-likeness (QED) is 0.723. The fraction of sp³-hybridized carbons (Fsp3) is 0.294. The third-order valence-electron chi connectivity index (χ3n) is 3.66. The van der Waals surface area contributed by atoms with Crippen LogP contribution in [0.5, 0.6) is 0 Å². The zero-order valence-corrected chi connectivity index (χ0v) is 14.3. The Hall–Kier alpha value is -2.31. The highest BCUT2D eigenvalue weighted by Crippen LogP contribution is 2.20. The molecule has 0 saturated carbocycles. The summed E-state index contributed by atoms with van der Waals surface area (Å²) in [7, 11) is 1.83. The van der Waals surface area contributed by atoms with Gasteiger partial charge in [-0.1, -0.05) is 17.7 Å². The molecular formula is C17H20ClN3O3. The summed E-state index contributed by atoms with van der Waals surface area (Å²) in [6.07, 6.45) is 1.44. The lowest BCUT2D eigenvalue weighted by Crippen LogP contribution is -2.36. The average molecular weight is 350 g/mol. The van der Waals surface area contributed by atoms with Gasteiger partial charge in [-0.3, -0.25) is 9.59 Å². The van der Waals surface area contributed by atoms with E-state index in [-0.39, 0.29) is 6.54 Å². The number of halogens is 1. The summed E-state index contributed by atoms with van der Waals surface area (Å²) >= 11 is 5.98. The van der Waals surface area contributed by atoms with Crippen molar-refractivity contribution >= 4 is 29.1 Å². The Labute approximate surface area is 145 Å². The van der Waals surface area contributed by atoms with E-state index in [1.807, 2.05) is 26.2 Å². The maximum Gasteiger partial charge on any atom is 0.313 e. The van der Waals surface area contributed by atoms with Crippen molar-refractivity contribution in [2.24, 2.45) is 7.05 Å². The van der Waals surface area contributed by atoms with Gasteiger partial charge in [-0.2, -0.15) is 0 Å². The van der Waals surface area contributed by atoms with E-state index in [1.165, 1.54) is 0 Å². The van der Waals surface area contributed by atoms with Gasteiger partial charge in [-0.25, -0.2) is 0 Å². The number of aryl methyl sites for hydroxylation is 2. The van der Waals surface area contributed by atoms with Gasteiger partial charge in [0.2, 0.25) is 0 Å². The Morgan fingerprint density at radius 3 is 2.67 bits per heavy atom. The third-order valence-corrected chi connectivity index (χ3v) is 4.07. The van der Waals surface area contributed by atoms with E-state index in [2.05, 4.69) is 10.6 Å². The number of aromatic nitrogens is 1.